The van der Waals surface area contributed by atoms with E-state index in [-0.39, 0.29) is 6.54 Å². The van der Waals surface area contributed by atoms with Crippen LogP contribution in [0.4, 0.5) is 10.5 Å². The molecule has 152 valence electrons. The van der Waals surface area contributed by atoms with Crippen molar-refractivity contribution in [2.75, 3.05) is 11.9 Å². The number of anilines is 1. The number of nitrogens with zero attached hydrogens (tertiary/aromatic N) is 3. The minimum atomic E-state index is -1.20. The van der Waals surface area contributed by atoms with E-state index in [1.54, 1.807) is 37.3 Å². The van der Waals surface area contributed by atoms with Gasteiger partial charge in [-0.15, -0.1) is 5.10 Å². The molecule has 1 fully saturated rings. The third kappa shape index (κ3) is 3.55. The van der Waals surface area contributed by atoms with Crippen LogP contribution in [0.15, 0.2) is 53.9 Å². The highest BCUT2D eigenvalue weighted by Crippen LogP contribution is 2.29. The van der Waals surface area contributed by atoms with Crippen molar-refractivity contribution in [3.8, 4) is 11.3 Å². The van der Waals surface area contributed by atoms with Gasteiger partial charge in [0.15, 0.2) is 0 Å². The Labute approximate surface area is 177 Å². The first-order valence-corrected chi connectivity index (χ1v) is 10.1. The van der Waals surface area contributed by atoms with Gasteiger partial charge in [0.05, 0.1) is 0 Å². The van der Waals surface area contributed by atoms with Gasteiger partial charge >= 0.3 is 6.03 Å². The van der Waals surface area contributed by atoms with E-state index in [2.05, 4.69) is 20.2 Å². The van der Waals surface area contributed by atoms with Crippen molar-refractivity contribution in [3.63, 3.8) is 0 Å². The zero-order valence-corrected chi connectivity index (χ0v) is 17.2. The zero-order chi connectivity index (χ0) is 21.3. The number of aromatic nitrogens is 2. The number of nitrogens with one attached hydrogen (secondary N) is 2. The van der Waals surface area contributed by atoms with Crippen LogP contribution in [0.25, 0.3) is 11.3 Å². The third-order valence-corrected chi connectivity index (χ3v) is 5.60. The SMILES string of the molecule is Cc1ccc(-c2csnn2)cc1NC(=O)CN1C(=O)N[C@](C)(c2ccccc2)C1=O. The molecule has 1 atom stereocenters. The molecular weight excluding hydrogens is 402 g/mol. The van der Waals surface area contributed by atoms with E-state index in [9.17, 15) is 14.4 Å². The number of hydrogen-bond acceptors (Lipinski definition) is 6. The number of imide groups is 1. The molecule has 30 heavy (non-hydrogen) atoms. The fraction of sp³-hybridized carbons (Fsp3) is 0.190. The predicted octanol–water partition coefficient (Wildman–Crippen LogP) is 2.92. The lowest BCUT2D eigenvalue weighted by molar-refractivity contribution is -0.133. The quantitative estimate of drug-likeness (QED) is 0.617. The topological polar surface area (TPSA) is 104 Å². The Hall–Kier alpha value is -3.59. The van der Waals surface area contributed by atoms with Crippen LogP contribution < -0.4 is 10.6 Å². The predicted molar refractivity (Wildman–Crippen MR) is 113 cm³/mol. The summed E-state index contributed by atoms with van der Waals surface area (Å²) in [5.41, 5.74) is 2.42. The lowest BCUT2D eigenvalue weighted by atomic mass is 9.92. The highest BCUT2D eigenvalue weighted by molar-refractivity contribution is 7.03. The number of urea groups is 1. The molecule has 2 heterocycles. The Balaban J connectivity index is 1.50. The van der Waals surface area contributed by atoms with Gasteiger partial charge < -0.3 is 10.6 Å². The van der Waals surface area contributed by atoms with E-state index in [4.69, 9.17) is 0 Å². The van der Waals surface area contributed by atoms with Gasteiger partial charge in [-0.1, -0.05) is 47.0 Å². The molecule has 0 unspecified atom stereocenters. The van der Waals surface area contributed by atoms with E-state index in [0.29, 0.717) is 16.9 Å². The maximum atomic E-state index is 13.0. The van der Waals surface area contributed by atoms with Crippen molar-refractivity contribution < 1.29 is 14.4 Å². The van der Waals surface area contributed by atoms with E-state index >= 15 is 0 Å². The van der Waals surface area contributed by atoms with Crippen molar-refractivity contribution in [3.05, 3.63) is 65.0 Å². The summed E-state index contributed by atoms with van der Waals surface area (Å²) in [4.78, 5) is 39.0. The van der Waals surface area contributed by atoms with Crippen molar-refractivity contribution in [1.82, 2.24) is 19.8 Å². The van der Waals surface area contributed by atoms with Gasteiger partial charge in [-0.3, -0.25) is 14.5 Å². The zero-order valence-electron chi connectivity index (χ0n) is 16.4. The minimum absolute atomic E-state index is 0.380. The van der Waals surface area contributed by atoms with Gasteiger partial charge in [0.25, 0.3) is 5.91 Å². The average Bonchev–Trinajstić information content (AvgIpc) is 3.34. The summed E-state index contributed by atoms with van der Waals surface area (Å²) in [6.45, 7) is 3.11. The molecule has 4 amide bonds. The maximum absolute atomic E-state index is 13.0. The van der Waals surface area contributed by atoms with Crippen LogP contribution in [0.2, 0.25) is 0 Å². The minimum Gasteiger partial charge on any atom is -0.324 e. The van der Waals surface area contributed by atoms with Gasteiger partial charge in [0.2, 0.25) is 5.91 Å². The molecule has 2 N–H and O–H groups in total. The molecule has 3 aromatic rings. The Kier molecular flexibility index (Phi) is 5.04. The summed E-state index contributed by atoms with van der Waals surface area (Å²) in [7, 11) is 0. The summed E-state index contributed by atoms with van der Waals surface area (Å²) in [5.74, 6) is -0.930. The fourth-order valence-electron chi connectivity index (χ4n) is 3.35. The molecule has 0 spiro atoms. The maximum Gasteiger partial charge on any atom is 0.325 e. The molecule has 0 saturated carbocycles. The average molecular weight is 421 g/mol. The van der Waals surface area contributed by atoms with Crippen LogP contribution in [0.5, 0.6) is 0 Å². The highest BCUT2D eigenvalue weighted by Gasteiger charge is 2.49. The van der Waals surface area contributed by atoms with E-state index < -0.39 is 23.4 Å². The molecule has 2 aromatic carbocycles. The molecule has 4 rings (SSSR count). The molecule has 8 nitrogen and oxygen atoms in total. The normalized spacial score (nSPS) is 18.4. The van der Waals surface area contributed by atoms with Crippen LogP contribution in [-0.2, 0) is 15.1 Å². The number of hydrogen-bond donors (Lipinski definition) is 2. The smallest absolute Gasteiger partial charge is 0.324 e. The van der Waals surface area contributed by atoms with E-state index in [1.807, 2.05) is 30.5 Å². The number of benzene rings is 2. The second kappa shape index (κ2) is 7.68. The molecule has 1 aromatic heterocycles. The number of amides is 4. The number of carbonyl (C=O) groups excluding carboxylic acids is 3. The Morgan fingerprint density at radius 1 is 1.20 bits per heavy atom. The van der Waals surface area contributed by atoms with Gasteiger partial charge in [0, 0.05) is 16.6 Å². The van der Waals surface area contributed by atoms with Crippen LogP contribution in [-0.4, -0.2) is 38.9 Å². The van der Waals surface area contributed by atoms with E-state index in [0.717, 1.165) is 16.0 Å². The van der Waals surface area contributed by atoms with Crippen LogP contribution >= 0.6 is 11.5 Å². The second-order valence-corrected chi connectivity index (χ2v) is 7.79. The first kappa shape index (κ1) is 19.7. The third-order valence-electron chi connectivity index (χ3n) is 5.10. The molecule has 0 bridgehead atoms. The van der Waals surface area contributed by atoms with Crippen molar-refractivity contribution in [1.29, 1.82) is 0 Å². The molecule has 1 aliphatic heterocycles. The molecule has 1 aliphatic rings. The van der Waals surface area contributed by atoms with Crippen molar-refractivity contribution >= 4 is 35.1 Å². The molecule has 0 radical (unpaired) electrons. The monoisotopic (exact) mass is 421 g/mol. The lowest BCUT2D eigenvalue weighted by Crippen LogP contribution is -2.42. The van der Waals surface area contributed by atoms with Gasteiger partial charge in [-0.25, -0.2) is 4.79 Å². The lowest BCUT2D eigenvalue weighted by Gasteiger charge is -2.22. The van der Waals surface area contributed by atoms with Gasteiger partial charge in [0.1, 0.15) is 17.8 Å². The number of aryl methyl sites for hydroxylation is 1. The number of rotatable bonds is 5. The fourth-order valence-corrected chi connectivity index (χ4v) is 3.81. The standard InChI is InChI=1S/C21H19N5O3S/c1-13-8-9-14(17-12-30-25-24-17)10-16(13)22-18(27)11-26-19(28)21(2,23-20(26)29)15-6-4-3-5-7-15/h3-10,12H,11H2,1-2H3,(H,22,27)(H,23,29)/t21-/m1/s1. The summed E-state index contributed by atoms with van der Waals surface area (Å²) >= 11 is 1.24. The molecule has 0 aliphatic carbocycles. The van der Waals surface area contributed by atoms with Crippen molar-refractivity contribution in [2.24, 2.45) is 0 Å². The van der Waals surface area contributed by atoms with Gasteiger partial charge in [-0.2, -0.15) is 0 Å². The van der Waals surface area contributed by atoms with E-state index in [1.165, 1.54) is 11.5 Å². The summed E-state index contributed by atoms with van der Waals surface area (Å²) < 4.78 is 3.85. The van der Waals surface area contributed by atoms with Crippen LogP contribution in [0, 0.1) is 6.92 Å². The van der Waals surface area contributed by atoms with Crippen molar-refractivity contribution in [2.45, 2.75) is 19.4 Å². The summed E-state index contributed by atoms with van der Waals surface area (Å²) in [6.07, 6.45) is 0. The Morgan fingerprint density at radius 3 is 2.67 bits per heavy atom. The van der Waals surface area contributed by atoms with Crippen LogP contribution in [0.3, 0.4) is 0 Å². The second-order valence-electron chi connectivity index (χ2n) is 7.18. The molecule has 9 heteroatoms. The summed E-state index contributed by atoms with van der Waals surface area (Å²) in [6, 6.07) is 13.9. The highest BCUT2D eigenvalue weighted by atomic mass is 32.1. The largest absolute Gasteiger partial charge is 0.325 e. The van der Waals surface area contributed by atoms with Gasteiger partial charge in [-0.05, 0) is 42.6 Å². The summed E-state index contributed by atoms with van der Waals surface area (Å²) in [5, 5.41) is 11.3. The Bertz CT molecular complexity index is 1120. The first-order chi connectivity index (χ1) is 14.4. The first-order valence-electron chi connectivity index (χ1n) is 9.26. The Morgan fingerprint density at radius 2 is 1.97 bits per heavy atom. The molecule has 1 saturated heterocycles. The van der Waals surface area contributed by atoms with Crippen LogP contribution in [0.1, 0.15) is 18.1 Å². The number of carbonyl (C=O) groups is 3. The molecular formula is C21H19N5O3S.